The van der Waals surface area contributed by atoms with Gasteiger partial charge in [-0.05, 0) is 19.8 Å². The molecule has 15 heavy (non-hydrogen) atoms. The second kappa shape index (κ2) is 6.49. The molecule has 0 unspecified atom stereocenters. The van der Waals surface area contributed by atoms with Gasteiger partial charge in [0.2, 0.25) is 0 Å². The Labute approximate surface area is 92.9 Å². The van der Waals surface area contributed by atoms with Crippen LogP contribution in [0.15, 0.2) is 12.4 Å². The Morgan fingerprint density at radius 1 is 1.27 bits per heavy atom. The summed E-state index contributed by atoms with van der Waals surface area (Å²) in [7, 11) is 0. The Morgan fingerprint density at radius 2 is 1.93 bits per heavy atom. The van der Waals surface area contributed by atoms with Crippen molar-refractivity contribution in [3.63, 3.8) is 0 Å². The molecule has 0 spiro atoms. The van der Waals surface area contributed by atoms with Crippen LogP contribution in [0, 0.1) is 0 Å². The lowest BCUT2D eigenvalue weighted by molar-refractivity contribution is 0.586. The number of nitrogens with one attached hydrogen (secondary N) is 1. The van der Waals surface area contributed by atoms with Gasteiger partial charge < -0.3 is 5.32 Å². The van der Waals surface area contributed by atoms with E-state index in [9.17, 15) is 0 Å². The number of aromatic nitrogens is 2. The van der Waals surface area contributed by atoms with Gasteiger partial charge in [0.25, 0.3) is 0 Å². The summed E-state index contributed by atoms with van der Waals surface area (Å²) in [6.45, 7) is 7.51. The zero-order valence-corrected chi connectivity index (χ0v) is 10.2. The number of nitrogens with zero attached hydrogens (tertiary/aromatic N) is 2. The fraction of sp³-hybridized carbons (Fsp3) is 0.750. The average Bonchev–Trinajstić information content (AvgIpc) is 2.66. The minimum absolute atomic E-state index is 0.606. The summed E-state index contributed by atoms with van der Waals surface area (Å²) in [6.07, 6.45) is 8.95. The van der Waals surface area contributed by atoms with Crippen molar-refractivity contribution in [1.82, 2.24) is 9.78 Å². The molecule has 1 N–H and O–H groups in total. The molecule has 0 aromatic carbocycles. The summed E-state index contributed by atoms with van der Waals surface area (Å²) < 4.78 is 1.96. The molecule has 1 heterocycles. The van der Waals surface area contributed by atoms with Crippen LogP contribution in [0.3, 0.4) is 0 Å². The van der Waals surface area contributed by atoms with Gasteiger partial charge in [0.1, 0.15) is 0 Å². The summed E-state index contributed by atoms with van der Waals surface area (Å²) >= 11 is 0. The number of aryl methyl sites for hydroxylation is 1. The van der Waals surface area contributed by atoms with Crippen LogP contribution in [-0.4, -0.2) is 15.8 Å². The monoisotopic (exact) mass is 209 g/mol. The highest BCUT2D eigenvalue weighted by Gasteiger charge is 2.07. The maximum absolute atomic E-state index is 4.26. The van der Waals surface area contributed by atoms with E-state index < -0.39 is 0 Å². The molecule has 3 nitrogen and oxygen atoms in total. The van der Waals surface area contributed by atoms with Gasteiger partial charge in [-0.15, -0.1) is 0 Å². The molecule has 1 aromatic rings. The Kier molecular flexibility index (Phi) is 5.22. The summed E-state index contributed by atoms with van der Waals surface area (Å²) in [4.78, 5) is 0. The van der Waals surface area contributed by atoms with E-state index >= 15 is 0 Å². The first-order chi connectivity index (χ1) is 7.30. The molecule has 0 amide bonds. The Morgan fingerprint density at radius 3 is 2.40 bits per heavy atom. The van der Waals surface area contributed by atoms with Gasteiger partial charge in [-0.3, -0.25) is 4.68 Å². The van der Waals surface area contributed by atoms with Gasteiger partial charge in [0.05, 0.1) is 11.9 Å². The molecule has 0 aliphatic rings. The third-order valence-electron chi connectivity index (χ3n) is 2.60. The third-order valence-corrected chi connectivity index (χ3v) is 2.60. The predicted molar refractivity (Wildman–Crippen MR) is 65.1 cm³/mol. The molecule has 0 fully saturated rings. The molecule has 0 atom stereocenters. The Bertz CT molecular complexity index is 262. The van der Waals surface area contributed by atoms with Crippen LogP contribution in [0.5, 0.6) is 0 Å². The molecular formula is C12H23N3. The normalized spacial score (nSPS) is 10.9. The predicted octanol–water partition coefficient (Wildman–Crippen LogP) is 3.28. The molecule has 0 saturated heterocycles. The van der Waals surface area contributed by atoms with E-state index in [2.05, 4.69) is 37.4 Å². The van der Waals surface area contributed by atoms with Gasteiger partial charge in [-0.2, -0.15) is 5.10 Å². The zero-order chi connectivity index (χ0) is 11.1. The maximum atomic E-state index is 4.26. The van der Waals surface area contributed by atoms with E-state index in [1.165, 1.54) is 25.7 Å². The van der Waals surface area contributed by atoms with Crippen molar-refractivity contribution in [3.05, 3.63) is 12.4 Å². The quantitative estimate of drug-likeness (QED) is 0.747. The van der Waals surface area contributed by atoms with E-state index in [1.54, 1.807) is 0 Å². The minimum atomic E-state index is 0.606. The molecule has 0 bridgehead atoms. The largest absolute Gasteiger partial charge is 0.380 e. The van der Waals surface area contributed by atoms with Crippen LogP contribution in [0.1, 0.15) is 46.5 Å². The minimum Gasteiger partial charge on any atom is -0.380 e. The lowest BCUT2D eigenvalue weighted by Crippen LogP contribution is -2.18. The second-order valence-electron chi connectivity index (χ2n) is 4.00. The molecule has 1 aromatic heterocycles. The van der Waals surface area contributed by atoms with Crippen molar-refractivity contribution in [2.75, 3.05) is 5.32 Å². The Balaban J connectivity index is 2.48. The molecule has 0 aliphatic heterocycles. The zero-order valence-electron chi connectivity index (χ0n) is 10.2. The average molecular weight is 209 g/mol. The van der Waals surface area contributed by atoms with Gasteiger partial charge in [0, 0.05) is 18.8 Å². The molecule has 0 aliphatic carbocycles. The maximum Gasteiger partial charge on any atom is 0.0728 e. The van der Waals surface area contributed by atoms with Crippen LogP contribution >= 0.6 is 0 Å². The first-order valence-electron chi connectivity index (χ1n) is 6.09. The third kappa shape index (κ3) is 3.94. The van der Waals surface area contributed by atoms with E-state index in [4.69, 9.17) is 0 Å². The van der Waals surface area contributed by atoms with Gasteiger partial charge in [-0.1, -0.05) is 26.7 Å². The first kappa shape index (κ1) is 12.1. The van der Waals surface area contributed by atoms with Crippen molar-refractivity contribution < 1.29 is 0 Å². The smallest absolute Gasteiger partial charge is 0.0728 e. The van der Waals surface area contributed by atoms with E-state index in [1.807, 2.05) is 10.9 Å². The molecule has 3 heteroatoms. The summed E-state index contributed by atoms with van der Waals surface area (Å²) in [6, 6.07) is 0.606. The number of rotatable bonds is 7. The summed E-state index contributed by atoms with van der Waals surface area (Å²) in [5, 5.41) is 7.81. The molecule has 0 radical (unpaired) electrons. The van der Waals surface area contributed by atoms with E-state index in [-0.39, 0.29) is 0 Å². The lowest BCUT2D eigenvalue weighted by atomic mass is 10.1. The SMILES string of the molecule is CCCC(CCC)Nc1cnn(CC)c1. The van der Waals surface area contributed by atoms with Crippen LogP contribution in [0.4, 0.5) is 5.69 Å². The summed E-state index contributed by atoms with van der Waals surface area (Å²) in [5.41, 5.74) is 1.16. The van der Waals surface area contributed by atoms with Crippen molar-refractivity contribution in [3.8, 4) is 0 Å². The molecule has 0 saturated carbocycles. The highest BCUT2D eigenvalue weighted by Crippen LogP contribution is 2.13. The fourth-order valence-corrected chi connectivity index (χ4v) is 1.83. The topological polar surface area (TPSA) is 29.9 Å². The number of hydrogen-bond acceptors (Lipinski definition) is 2. The second-order valence-corrected chi connectivity index (χ2v) is 4.00. The standard InChI is InChI=1S/C12H23N3/c1-4-7-11(8-5-2)14-12-9-13-15(6-3)10-12/h9-11,14H,4-8H2,1-3H3. The van der Waals surface area contributed by atoms with E-state index in [0.29, 0.717) is 6.04 Å². The van der Waals surface area contributed by atoms with Gasteiger partial charge >= 0.3 is 0 Å². The lowest BCUT2D eigenvalue weighted by Gasteiger charge is -2.16. The van der Waals surface area contributed by atoms with E-state index in [0.717, 1.165) is 12.2 Å². The van der Waals surface area contributed by atoms with Crippen LogP contribution in [-0.2, 0) is 6.54 Å². The number of anilines is 1. The van der Waals surface area contributed by atoms with Crippen molar-refractivity contribution >= 4 is 5.69 Å². The van der Waals surface area contributed by atoms with Crippen LogP contribution in [0.2, 0.25) is 0 Å². The van der Waals surface area contributed by atoms with Crippen molar-refractivity contribution in [2.24, 2.45) is 0 Å². The van der Waals surface area contributed by atoms with Crippen molar-refractivity contribution in [2.45, 2.75) is 59.0 Å². The van der Waals surface area contributed by atoms with Gasteiger partial charge in [0.15, 0.2) is 0 Å². The van der Waals surface area contributed by atoms with Crippen LogP contribution in [0.25, 0.3) is 0 Å². The van der Waals surface area contributed by atoms with Gasteiger partial charge in [-0.25, -0.2) is 0 Å². The molecule has 86 valence electrons. The highest BCUT2D eigenvalue weighted by atomic mass is 15.3. The number of hydrogen-bond donors (Lipinski definition) is 1. The first-order valence-corrected chi connectivity index (χ1v) is 6.09. The Hall–Kier alpha value is -0.990. The van der Waals surface area contributed by atoms with Crippen molar-refractivity contribution in [1.29, 1.82) is 0 Å². The highest BCUT2D eigenvalue weighted by molar-refractivity contribution is 5.39. The molecule has 1 rings (SSSR count). The molecular weight excluding hydrogens is 186 g/mol. The summed E-state index contributed by atoms with van der Waals surface area (Å²) in [5.74, 6) is 0. The fourth-order valence-electron chi connectivity index (χ4n) is 1.83. The van der Waals surface area contributed by atoms with Crippen LogP contribution < -0.4 is 5.32 Å².